The average Bonchev–Trinajstić information content (AvgIpc) is 2.35. The summed E-state index contributed by atoms with van der Waals surface area (Å²) in [4.78, 5) is 2.20. The van der Waals surface area contributed by atoms with Crippen LogP contribution < -0.4 is 4.74 Å². The molecule has 1 aromatic carbocycles. The average molecular weight is 258 g/mol. The molecule has 3 nitrogen and oxygen atoms in total. The first-order valence-corrected chi connectivity index (χ1v) is 6.35. The quantitative estimate of drug-likeness (QED) is 0.726. The largest absolute Gasteiger partial charge is 0.494 e. The molecule has 1 N–H and O–H groups in total. The van der Waals surface area contributed by atoms with Gasteiger partial charge in [-0.3, -0.25) is 0 Å². The van der Waals surface area contributed by atoms with E-state index in [0.717, 1.165) is 36.8 Å². The number of benzene rings is 1. The van der Waals surface area contributed by atoms with Crippen LogP contribution in [0.4, 0.5) is 0 Å². The van der Waals surface area contributed by atoms with Gasteiger partial charge >= 0.3 is 0 Å². The molecule has 0 unspecified atom stereocenters. The maximum atomic E-state index is 8.84. The van der Waals surface area contributed by atoms with Gasteiger partial charge in [0, 0.05) is 18.1 Å². The molecule has 0 bridgehead atoms. The number of hydrogen-bond acceptors (Lipinski definition) is 3. The van der Waals surface area contributed by atoms with Crippen molar-refractivity contribution < 1.29 is 9.84 Å². The fraction of sp³-hybridized carbons (Fsp3) is 0.538. The van der Waals surface area contributed by atoms with E-state index in [-0.39, 0.29) is 6.61 Å². The number of aliphatic hydroxyl groups excluding tert-OH is 1. The van der Waals surface area contributed by atoms with E-state index in [9.17, 15) is 0 Å². The summed E-state index contributed by atoms with van der Waals surface area (Å²) in [5.41, 5.74) is 0. The lowest BCUT2D eigenvalue weighted by molar-refractivity contribution is 0.189. The number of halogens is 1. The predicted octanol–water partition coefficient (Wildman–Crippen LogP) is 2.42. The predicted molar refractivity (Wildman–Crippen MR) is 70.8 cm³/mol. The molecule has 0 aliphatic carbocycles. The third kappa shape index (κ3) is 5.91. The maximum Gasteiger partial charge on any atom is 0.119 e. The molecule has 0 radical (unpaired) electrons. The first-order valence-electron chi connectivity index (χ1n) is 5.98. The van der Waals surface area contributed by atoms with Crippen LogP contribution in [0.3, 0.4) is 0 Å². The van der Waals surface area contributed by atoms with Crippen LogP contribution >= 0.6 is 11.6 Å². The van der Waals surface area contributed by atoms with Crippen LogP contribution in [-0.4, -0.2) is 42.9 Å². The first-order chi connectivity index (χ1) is 8.26. The van der Waals surface area contributed by atoms with Gasteiger partial charge in [0.05, 0.1) is 13.2 Å². The SMILES string of the molecule is CCN(CCO)CCCOc1ccc(Cl)cc1. The third-order valence-corrected chi connectivity index (χ3v) is 2.82. The van der Waals surface area contributed by atoms with Crippen molar-refractivity contribution in [3.8, 4) is 5.75 Å². The molecule has 1 aromatic rings. The number of aliphatic hydroxyl groups is 1. The summed E-state index contributed by atoms with van der Waals surface area (Å²) in [5.74, 6) is 0.847. The Labute approximate surface area is 108 Å². The zero-order chi connectivity index (χ0) is 12.5. The van der Waals surface area contributed by atoms with Gasteiger partial charge in [-0.1, -0.05) is 18.5 Å². The van der Waals surface area contributed by atoms with Crippen molar-refractivity contribution in [2.24, 2.45) is 0 Å². The van der Waals surface area contributed by atoms with Gasteiger partial charge in [0.15, 0.2) is 0 Å². The van der Waals surface area contributed by atoms with Crippen molar-refractivity contribution in [1.82, 2.24) is 4.90 Å². The van der Waals surface area contributed by atoms with Crippen LogP contribution in [0.5, 0.6) is 5.75 Å². The van der Waals surface area contributed by atoms with E-state index in [1.807, 2.05) is 24.3 Å². The van der Waals surface area contributed by atoms with Crippen molar-refractivity contribution in [2.75, 3.05) is 32.8 Å². The molecule has 0 atom stereocenters. The van der Waals surface area contributed by atoms with E-state index in [1.165, 1.54) is 0 Å². The van der Waals surface area contributed by atoms with Gasteiger partial charge in [-0.15, -0.1) is 0 Å². The Morgan fingerprint density at radius 1 is 1.24 bits per heavy atom. The van der Waals surface area contributed by atoms with Gasteiger partial charge in [-0.25, -0.2) is 0 Å². The molecule has 17 heavy (non-hydrogen) atoms. The van der Waals surface area contributed by atoms with Gasteiger partial charge in [0.2, 0.25) is 0 Å². The lowest BCUT2D eigenvalue weighted by Gasteiger charge is -2.18. The molecule has 0 aliphatic heterocycles. The third-order valence-electron chi connectivity index (χ3n) is 2.56. The summed E-state index contributed by atoms with van der Waals surface area (Å²) < 4.78 is 5.59. The fourth-order valence-corrected chi connectivity index (χ4v) is 1.70. The highest BCUT2D eigenvalue weighted by atomic mass is 35.5. The number of ether oxygens (including phenoxy) is 1. The highest BCUT2D eigenvalue weighted by Gasteiger charge is 2.01. The van der Waals surface area contributed by atoms with E-state index >= 15 is 0 Å². The molecule has 0 aromatic heterocycles. The first kappa shape index (κ1) is 14.3. The molecule has 0 heterocycles. The molecule has 96 valence electrons. The summed E-state index contributed by atoms with van der Waals surface area (Å²) in [6, 6.07) is 7.38. The van der Waals surface area contributed by atoms with E-state index < -0.39 is 0 Å². The van der Waals surface area contributed by atoms with Crippen LogP contribution in [0, 0.1) is 0 Å². The molecule has 0 spiro atoms. The lowest BCUT2D eigenvalue weighted by atomic mass is 10.3. The van der Waals surface area contributed by atoms with Gasteiger partial charge in [0.1, 0.15) is 5.75 Å². The van der Waals surface area contributed by atoms with Gasteiger partial charge in [0.25, 0.3) is 0 Å². The lowest BCUT2D eigenvalue weighted by Crippen LogP contribution is -2.28. The Morgan fingerprint density at radius 3 is 2.53 bits per heavy atom. The maximum absolute atomic E-state index is 8.84. The molecule has 0 aliphatic rings. The molecule has 1 rings (SSSR count). The van der Waals surface area contributed by atoms with Crippen molar-refractivity contribution in [3.05, 3.63) is 29.3 Å². The molecular weight excluding hydrogens is 238 g/mol. The van der Waals surface area contributed by atoms with E-state index in [4.69, 9.17) is 21.4 Å². The summed E-state index contributed by atoms with van der Waals surface area (Å²) >= 11 is 5.78. The topological polar surface area (TPSA) is 32.7 Å². The summed E-state index contributed by atoms with van der Waals surface area (Å²) in [6.07, 6.45) is 0.955. The highest BCUT2D eigenvalue weighted by molar-refractivity contribution is 6.30. The van der Waals surface area contributed by atoms with Crippen molar-refractivity contribution in [1.29, 1.82) is 0 Å². The summed E-state index contributed by atoms with van der Waals surface area (Å²) in [5, 5.41) is 9.56. The molecule has 4 heteroatoms. The zero-order valence-corrected chi connectivity index (χ0v) is 11.0. The summed E-state index contributed by atoms with van der Waals surface area (Å²) in [7, 11) is 0. The second-order valence-corrected chi connectivity index (χ2v) is 4.25. The van der Waals surface area contributed by atoms with Crippen LogP contribution in [0.15, 0.2) is 24.3 Å². The Morgan fingerprint density at radius 2 is 1.94 bits per heavy atom. The van der Waals surface area contributed by atoms with E-state index in [2.05, 4.69) is 11.8 Å². The van der Waals surface area contributed by atoms with Crippen molar-refractivity contribution in [2.45, 2.75) is 13.3 Å². The minimum absolute atomic E-state index is 0.214. The Hall–Kier alpha value is -0.770. The minimum atomic E-state index is 0.214. The molecule has 0 fully saturated rings. The smallest absolute Gasteiger partial charge is 0.119 e. The molecular formula is C13H20ClNO2. The van der Waals surface area contributed by atoms with Crippen molar-refractivity contribution in [3.63, 3.8) is 0 Å². The van der Waals surface area contributed by atoms with Crippen LogP contribution in [0.2, 0.25) is 5.02 Å². The Bertz CT molecular complexity index is 303. The number of hydrogen-bond donors (Lipinski definition) is 1. The van der Waals surface area contributed by atoms with Gasteiger partial charge in [-0.2, -0.15) is 0 Å². The van der Waals surface area contributed by atoms with Crippen molar-refractivity contribution >= 4 is 11.6 Å². The number of likely N-dealkylation sites (N-methyl/N-ethyl adjacent to an activating group) is 1. The second-order valence-electron chi connectivity index (χ2n) is 3.81. The molecule has 0 saturated heterocycles. The van der Waals surface area contributed by atoms with Crippen LogP contribution in [0.1, 0.15) is 13.3 Å². The monoisotopic (exact) mass is 257 g/mol. The number of nitrogens with zero attached hydrogens (tertiary/aromatic N) is 1. The molecule has 0 amide bonds. The Kier molecular flexibility index (Phi) is 7.01. The minimum Gasteiger partial charge on any atom is -0.494 e. The van der Waals surface area contributed by atoms with Gasteiger partial charge < -0.3 is 14.7 Å². The van der Waals surface area contributed by atoms with Crippen LogP contribution in [0.25, 0.3) is 0 Å². The normalized spacial score (nSPS) is 10.8. The van der Waals surface area contributed by atoms with Gasteiger partial charge in [-0.05, 0) is 37.2 Å². The van der Waals surface area contributed by atoms with E-state index in [1.54, 1.807) is 0 Å². The standard InChI is InChI=1S/C13H20ClNO2/c1-2-15(9-10-16)8-3-11-17-13-6-4-12(14)5-7-13/h4-7,16H,2-3,8-11H2,1H3. The Balaban J connectivity index is 2.17. The zero-order valence-electron chi connectivity index (χ0n) is 10.2. The fourth-order valence-electron chi connectivity index (χ4n) is 1.58. The highest BCUT2D eigenvalue weighted by Crippen LogP contribution is 2.15. The van der Waals surface area contributed by atoms with E-state index in [0.29, 0.717) is 6.61 Å². The summed E-state index contributed by atoms with van der Waals surface area (Å²) in [6.45, 7) is 5.63. The molecule has 0 saturated carbocycles. The number of rotatable bonds is 8. The van der Waals surface area contributed by atoms with Crippen LogP contribution in [-0.2, 0) is 0 Å². The second kappa shape index (κ2) is 8.34.